The normalized spacial score (nSPS) is 10.9. The number of rotatable bonds is 5. The number of nitrogens with zero attached hydrogens (tertiary/aromatic N) is 2. The first-order valence-electron chi connectivity index (χ1n) is 7.55. The van der Waals surface area contributed by atoms with E-state index in [1.54, 1.807) is 25.3 Å². The molecule has 0 aliphatic heterocycles. The Morgan fingerprint density at radius 2 is 2.08 bits per heavy atom. The second-order valence-corrected chi connectivity index (χ2v) is 5.64. The quantitative estimate of drug-likeness (QED) is 0.530. The van der Waals surface area contributed by atoms with Gasteiger partial charge in [0.05, 0.1) is 24.0 Å². The fourth-order valence-corrected chi connectivity index (χ4v) is 2.41. The lowest BCUT2D eigenvalue weighted by atomic mass is 10.1. The lowest BCUT2D eigenvalue weighted by Gasteiger charge is -2.00. The number of amides is 1. The fourth-order valence-electron chi connectivity index (χ4n) is 2.20. The Labute approximate surface area is 153 Å². The standard InChI is InChI=1S/C18H14ClFN4O2/c1-26-12-7-5-11(6-8-12)16-9-17(23-22-16)18(25)24-21-10-13-14(19)3-2-4-15(13)20/h2-10H,1H3,(H,22,23)(H,24,25). The summed E-state index contributed by atoms with van der Waals surface area (Å²) >= 11 is 5.89. The molecule has 0 spiro atoms. The van der Waals surface area contributed by atoms with Crippen LogP contribution in [-0.2, 0) is 0 Å². The number of ether oxygens (including phenoxy) is 1. The van der Waals surface area contributed by atoms with Gasteiger partial charge in [0.1, 0.15) is 17.3 Å². The lowest BCUT2D eigenvalue weighted by Crippen LogP contribution is -2.18. The molecule has 0 atom stereocenters. The van der Waals surface area contributed by atoms with Gasteiger partial charge >= 0.3 is 0 Å². The Bertz CT molecular complexity index is 934. The molecule has 1 amide bonds. The van der Waals surface area contributed by atoms with E-state index in [9.17, 15) is 9.18 Å². The second-order valence-electron chi connectivity index (χ2n) is 5.23. The SMILES string of the molecule is COc1ccc(-c2cc(C(=O)NN=Cc3c(F)cccc3Cl)[nH]n2)cc1. The summed E-state index contributed by atoms with van der Waals surface area (Å²) in [4.78, 5) is 12.1. The van der Waals surface area contributed by atoms with Crippen LogP contribution in [0.1, 0.15) is 16.1 Å². The predicted molar refractivity (Wildman–Crippen MR) is 97.0 cm³/mol. The molecule has 3 rings (SSSR count). The third-order valence-electron chi connectivity index (χ3n) is 3.57. The van der Waals surface area contributed by atoms with Gasteiger partial charge in [-0.2, -0.15) is 10.2 Å². The van der Waals surface area contributed by atoms with E-state index in [1.165, 1.54) is 18.2 Å². The maximum absolute atomic E-state index is 13.6. The predicted octanol–water partition coefficient (Wildman–Crippen LogP) is 3.64. The number of hydrazone groups is 1. The van der Waals surface area contributed by atoms with E-state index in [4.69, 9.17) is 16.3 Å². The highest BCUT2D eigenvalue weighted by molar-refractivity contribution is 6.33. The van der Waals surface area contributed by atoms with Crippen molar-refractivity contribution in [1.82, 2.24) is 15.6 Å². The van der Waals surface area contributed by atoms with Crippen LogP contribution in [0.4, 0.5) is 4.39 Å². The Balaban J connectivity index is 1.69. The van der Waals surface area contributed by atoms with E-state index < -0.39 is 11.7 Å². The van der Waals surface area contributed by atoms with Gasteiger partial charge in [-0.05, 0) is 42.5 Å². The largest absolute Gasteiger partial charge is 0.497 e. The van der Waals surface area contributed by atoms with Gasteiger partial charge in [0.15, 0.2) is 0 Å². The molecule has 2 N–H and O–H groups in total. The highest BCUT2D eigenvalue weighted by Crippen LogP contribution is 2.21. The summed E-state index contributed by atoms with van der Waals surface area (Å²) in [6.45, 7) is 0. The van der Waals surface area contributed by atoms with Crippen LogP contribution >= 0.6 is 11.6 Å². The summed E-state index contributed by atoms with van der Waals surface area (Å²) in [6, 6.07) is 13.1. The smallest absolute Gasteiger partial charge is 0.289 e. The summed E-state index contributed by atoms with van der Waals surface area (Å²) in [5, 5.41) is 10.7. The van der Waals surface area contributed by atoms with Crippen molar-refractivity contribution in [3.05, 3.63) is 70.6 Å². The lowest BCUT2D eigenvalue weighted by molar-refractivity contribution is 0.0950. The highest BCUT2D eigenvalue weighted by atomic mass is 35.5. The third kappa shape index (κ3) is 3.89. The van der Waals surface area contributed by atoms with Gasteiger partial charge in [-0.3, -0.25) is 9.89 Å². The molecule has 0 aliphatic carbocycles. The fraction of sp³-hybridized carbons (Fsp3) is 0.0556. The molecule has 6 nitrogen and oxygen atoms in total. The Morgan fingerprint density at radius 3 is 2.77 bits per heavy atom. The number of benzene rings is 2. The minimum Gasteiger partial charge on any atom is -0.497 e. The van der Waals surface area contributed by atoms with Crippen molar-refractivity contribution >= 4 is 23.7 Å². The van der Waals surface area contributed by atoms with Crippen molar-refractivity contribution in [2.45, 2.75) is 0 Å². The number of halogens is 2. The van der Waals surface area contributed by atoms with Gasteiger partial charge in [0.25, 0.3) is 5.91 Å². The van der Waals surface area contributed by atoms with Gasteiger partial charge in [-0.1, -0.05) is 17.7 Å². The van der Waals surface area contributed by atoms with Crippen LogP contribution in [0.2, 0.25) is 5.02 Å². The summed E-state index contributed by atoms with van der Waals surface area (Å²) < 4.78 is 18.7. The zero-order valence-electron chi connectivity index (χ0n) is 13.7. The first kappa shape index (κ1) is 17.6. The second kappa shape index (κ2) is 7.79. The van der Waals surface area contributed by atoms with Crippen LogP contribution in [0.15, 0.2) is 53.6 Å². The Kier molecular flexibility index (Phi) is 5.28. The molecule has 0 saturated heterocycles. The zero-order chi connectivity index (χ0) is 18.5. The molecule has 0 bridgehead atoms. The topological polar surface area (TPSA) is 79.4 Å². The first-order chi connectivity index (χ1) is 12.6. The number of H-pyrrole nitrogens is 1. The van der Waals surface area contributed by atoms with Gasteiger partial charge in [-0.15, -0.1) is 0 Å². The molecule has 0 radical (unpaired) electrons. The summed E-state index contributed by atoms with van der Waals surface area (Å²) in [7, 11) is 1.58. The number of aromatic nitrogens is 2. The molecule has 132 valence electrons. The van der Waals surface area contributed by atoms with E-state index >= 15 is 0 Å². The number of methoxy groups -OCH3 is 1. The zero-order valence-corrected chi connectivity index (χ0v) is 14.4. The van der Waals surface area contributed by atoms with Crippen LogP contribution in [0.25, 0.3) is 11.3 Å². The number of hydrogen-bond acceptors (Lipinski definition) is 4. The van der Waals surface area contributed by atoms with Crippen LogP contribution in [0.5, 0.6) is 5.75 Å². The van der Waals surface area contributed by atoms with Crippen molar-refractivity contribution in [3.63, 3.8) is 0 Å². The maximum Gasteiger partial charge on any atom is 0.289 e. The van der Waals surface area contributed by atoms with E-state index in [0.29, 0.717) is 5.69 Å². The van der Waals surface area contributed by atoms with Crippen molar-refractivity contribution in [2.24, 2.45) is 5.10 Å². The number of nitrogens with one attached hydrogen (secondary N) is 2. The third-order valence-corrected chi connectivity index (χ3v) is 3.90. The van der Waals surface area contributed by atoms with Gasteiger partial charge in [0, 0.05) is 11.1 Å². The monoisotopic (exact) mass is 372 g/mol. The molecule has 1 aromatic heterocycles. The molecule has 0 aliphatic rings. The van der Waals surface area contributed by atoms with Crippen LogP contribution in [0, 0.1) is 5.82 Å². The van der Waals surface area contributed by atoms with E-state index in [1.807, 2.05) is 12.1 Å². The Morgan fingerprint density at radius 1 is 1.31 bits per heavy atom. The van der Waals surface area contributed by atoms with Crippen molar-refractivity contribution in [3.8, 4) is 17.0 Å². The first-order valence-corrected chi connectivity index (χ1v) is 7.93. The Hall–Kier alpha value is -3.19. The van der Waals surface area contributed by atoms with Crippen molar-refractivity contribution in [1.29, 1.82) is 0 Å². The van der Waals surface area contributed by atoms with Crippen molar-refractivity contribution < 1.29 is 13.9 Å². The van der Waals surface area contributed by atoms with Crippen LogP contribution < -0.4 is 10.2 Å². The molecule has 0 saturated carbocycles. The minimum atomic E-state index is -0.529. The molecule has 26 heavy (non-hydrogen) atoms. The summed E-state index contributed by atoms with van der Waals surface area (Å²) in [5.41, 5.74) is 4.03. The van der Waals surface area contributed by atoms with Crippen LogP contribution in [-0.4, -0.2) is 29.4 Å². The van der Waals surface area contributed by atoms with E-state index in [0.717, 1.165) is 17.5 Å². The molecular weight excluding hydrogens is 359 g/mol. The summed E-state index contributed by atoms with van der Waals surface area (Å²) in [6.07, 6.45) is 1.15. The summed E-state index contributed by atoms with van der Waals surface area (Å²) in [5.74, 6) is -0.316. The number of carbonyl (C=O) groups excluding carboxylic acids is 1. The highest BCUT2D eigenvalue weighted by Gasteiger charge is 2.11. The number of aromatic amines is 1. The van der Waals surface area contributed by atoms with E-state index in [-0.39, 0.29) is 16.3 Å². The average molecular weight is 373 g/mol. The van der Waals surface area contributed by atoms with Crippen molar-refractivity contribution in [2.75, 3.05) is 7.11 Å². The van der Waals surface area contributed by atoms with Gasteiger partial charge < -0.3 is 4.74 Å². The molecule has 2 aromatic carbocycles. The molecule has 3 aromatic rings. The minimum absolute atomic E-state index is 0.0954. The average Bonchev–Trinajstić information content (AvgIpc) is 3.14. The molecule has 8 heteroatoms. The molecule has 0 fully saturated rings. The number of hydrogen-bond donors (Lipinski definition) is 2. The van der Waals surface area contributed by atoms with Gasteiger partial charge in [-0.25, -0.2) is 9.82 Å². The maximum atomic E-state index is 13.6. The molecular formula is C18H14ClFN4O2. The molecule has 0 unspecified atom stereocenters. The number of carbonyl (C=O) groups is 1. The van der Waals surface area contributed by atoms with E-state index in [2.05, 4.69) is 20.7 Å². The molecule has 1 heterocycles. The van der Waals surface area contributed by atoms with Crippen LogP contribution in [0.3, 0.4) is 0 Å². The van der Waals surface area contributed by atoms with Gasteiger partial charge in [0.2, 0.25) is 0 Å².